The summed E-state index contributed by atoms with van der Waals surface area (Å²) >= 11 is 1.71. The lowest BCUT2D eigenvalue weighted by Crippen LogP contribution is -2.15. The molecule has 1 aliphatic rings. The van der Waals surface area contributed by atoms with Crippen LogP contribution in [-0.2, 0) is 11.3 Å². The van der Waals surface area contributed by atoms with E-state index in [1.54, 1.807) is 17.4 Å². The van der Waals surface area contributed by atoms with E-state index >= 15 is 0 Å². The number of nitrogens with zero attached hydrogens (tertiary/aromatic N) is 1. The van der Waals surface area contributed by atoms with Crippen LogP contribution in [-0.4, -0.2) is 17.7 Å². The number of carbonyl (C=O) groups excluding carboxylic acids is 1. The van der Waals surface area contributed by atoms with Crippen molar-refractivity contribution < 1.29 is 4.79 Å². The van der Waals surface area contributed by atoms with Crippen molar-refractivity contribution in [3.8, 4) is 0 Å². The van der Waals surface area contributed by atoms with Crippen LogP contribution in [0.15, 0.2) is 28.6 Å². The van der Waals surface area contributed by atoms with Crippen molar-refractivity contribution in [2.75, 3.05) is 7.05 Å². The molecule has 1 aromatic heterocycles. The zero-order valence-electron chi connectivity index (χ0n) is 8.19. The predicted molar refractivity (Wildman–Crippen MR) is 58.1 cm³/mol. The van der Waals surface area contributed by atoms with Crippen LogP contribution in [0.3, 0.4) is 0 Å². The summed E-state index contributed by atoms with van der Waals surface area (Å²) in [6.45, 7) is 0.905. The summed E-state index contributed by atoms with van der Waals surface area (Å²) in [6.07, 6.45) is 3.36. The van der Waals surface area contributed by atoms with Gasteiger partial charge in [-0.25, -0.2) is 0 Å². The molecule has 0 aliphatic heterocycles. The first-order valence-corrected chi connectivity index (χ1v) is 5.65. The van der Waals surface area contributed by atoms with Gasteiger partial charge >= 0.3 is 0 Å². The Bertz CT molecular complexity index is 353. The highest BCUT2D eigenvalue weighted by molar-refractivity contribution is 7.07. The minimum absolute atomic E-state index is 0.261. The van der Waals surface area contributed by atoms with Crippen LogP contribution in [0, 0.1) is 0 Å². The molecule has 0 saturated heterocycles. The maximum absolute atomic E-state index is 11.1. The fourth-order valence-electron chi connectivity index (χ4n) is 1.64. The number of ketones is 1. The zero-order valence-corrected chi connectivity index (χ0v) is 9.01. The SMILES string of the molecule is CN(Cc1ccsc1)C1=CC(=O)CC1. The van der Waals surface area contributed by atoms with Crippen molar-refractivity contribution in [2.45, 2.75) is 19.4 Å². The standard InChI is InChI=1S/C11H13NOS/c1-12(7-9-4-5-14-8-9)10-2-3-11(13)6-10/h4-6,8H,2-3,7H2,1H3. The van der Waals surface area contributed by atoms with Crippen molar-refractivity contribution in [1.29, 1.82) is 0 Å². The monoisotopic (exact) mass is 207 g/mol. The highest BCUT2D eigenvalue weighted by Gasteiger charge is 2.15. The number of hydrogen-bond acceptors (Lipinski definition) is 3. The molecule has 0 atom stereocenters. The molecule has 1 aliphatic carbocycles. The van der Waals surface area contributed by atoms with Crippen molar-refractivity contribution >= 4 is 17.1 Å². The Kier molecular flexibility index (Phi) is 2.68. The van der Waals surface area contributed by atoms with Gasteiger partial charge in [0.25, 0.3) is 0 Å². The van der Waals surface area contributed by atoms with Crippen molar-refractivity contribution in [3.63, 3.8) is 0 Å². The lowest BCUT2D eigenvalue weighted by Gasteiger charge is -2.19. The third kappa shape index (κ3) is 2.04. The summed E-state index contributed by atoms with van der Waals surface area (Å²) in [7, 11) is 2.04. The van der Waals surface area contributed by atoms with E-state index in [9.17, 15) is 4.79 Å². The minimum Gasteiger partial charge on any atom is -0.373 e. The third-order valence-corrected chi connectivity index (χ3v) is 3.18. The van der Waals surface area contributed by atoms with Crippen LogP contribution in [0.2, 0.25) is 0 Å². The molecular weight excluding hydrogens is 194 g/mol. The number of thiophene rings is 1. The molecule has 0 bridgehead atoms. The van der Waals surface area contributed by atoms with Crippen LogP contribution >= 0.6 is 11.3 Å². The third-order valence-electron chi connectivity index (χ3n) is 2.45. The van der Waals surface area contributed by atoms with E-state index in [1.165, 1.54) is 11.3 Å². The molecule has 1 heterocycles. The van der Waals surface area contributed by atoms with Gasteiger partial charge in [0.2, 0.25) is 0 Å². The lowest BCUT2D eigenvalue weighted by molar-refractivity contribution is -0.114. The molecule has 0 amide bonds. The van der Waals surface area contributed by atoms with Crippen LogP contribution in [0.4, 0.5) is 0 Å². The lowest BCUT2D eigenvalue weighted by atomic mass is 10.3. The first-order chi connectivity index (χ1) is 6.75. The summed E-state index contributed by atoms with van der Waals surface area (Å²) in [4.78, 5) is 13.2. The summed E-state index contributed by atoms with van der Waals surface area (Å²) < 4.78 is 0. The van der Waals surface area contributed by atoms with Crippen LogP contribution in [0.25, 0.3) is 0 Å². The summed E-state index contributed by atoms with van der Waals surface area (Å²) in [5, 5.41) is 4.23. The highest BCUT2D eigenvalue weighted by atomic mass is 32.1. The Balaban J connectivity index is 1.99. The normalized spacial score (nSPS) is 15.8. The Hall–Kier alpha value is -1.09. The van der Waals surface area contributed by atoms with E-state index < -0.39 is 0 Å². The van der Waals surface area contributed by atoms with E-state index in [-0.39, 0.29) is 5.78 Å². The second kappa shape index (κ2) is 3.96. The average Bonchev–Trinajstić information content (AvgIpc) is 2.75. The topological polar surface area (TPSA) is 20.3 Å². The number of rotatable bonds is 3. The predicted octanol–water partition coefficient (Wildman–Crippen LogP) is 2.43. The molecule has 0 aromatic carbocycles. The largest absolute Gasteiger partial charge is 0.373 e. The second-order valence-corrected chi connectivity index (χ2v) is 4.37. The molecule has 0 spiro atoms. The van der Waals surface area contributed by atoms with Crippen molar-refractivity contribution in [1.82, 2.24) is 4.90 Å². The second-order valence-electron chi connectivity index (χ2n) is 3.59. The van der Waals surface area contributed by atoms with Gasteiger partial charge in [-0.05, 0) is 28.8 Å². The van der Waals surface area contributed by atoms with E-state index in [0.29, 0.717) is 6.42 Å². The molecule has 3 heteroatoms. The van der Waals surface area contributed by atoms with E-state index in [4.69, 9.17) is 0 Å². The Morgan fingerprint density at radius 1 is 1.50 bits per heavy atom. The Labute approximate surface area is 87.9 Å². The molecule has 0 unspecified atom stereocenters. The molecule has 74 valence electrons. The molecular formula is C11H13NOS. The molecule has 2 rings (SSSR count). The van der Waals surface area contributed by atoms with E-state index in [2.05, 4.69) is 21.7 Å². The minimum atomic E-state index is 0.261. The average molecular weight is 207 g/mol. The van der Waals surface area contributed by atoms with Gasteiger partial charge in [-0.15, -0.1) is 0 Å². The van der Waals surface area contributed by atoms with Gasteiger partial charge in [0.15, 0.2) is 5.78 Å². The maximum atomic E-state index is 11.1. The fraction of sp³-hybridized carbons (Fsp3) is 0.364. The van der Waals surface area contributed by atoms with Gasteiger partial charge in [-0.2, -0.15) is 11.3 Å². The highest BCUT2D eigenvalue weighted by Crippen LogP contribution is 2.20. The van der Waals surface area contributed by atoms with Gasteiger partial charge in [-0.3, -0.25) is 4.79 Å². The zero-order chi connectivity index (χ0) is 9.97. The quantitative estimate of drug-likeness (QED) is 0.758. The molecule has 0 radical (unpaired) electrons. The number of hydrogen-bond donors (Lipinski definition) is 0. The smallest absolute Gasteiger partial charge is 0.157 e. The Morgan fingerprint density at radius 2 is 2.36 bits per heavy atom. The molecule has 14 heavy (non-hydrogen) atoms. The van der Waals surface area contributed by atoms with E-state index in [0.717, 1.165) is 13.0 Å². The summed E-state index contributed by atoms with van der Waals surface area (Å²) in [5.74, 6) is 0.261. The summed E-state index contributed by atoms with van der Waals surface area (Å²) in [5.41, 5.74) is 2.49. The molecule has 0 fully saturated rings. The van der Waals surface area contributed by atoms with Gasteiger partial charge in [0.05, 0.1) is 0 Å². The first-order valence-electron chi connectivity index (χ1n) is 4.71. The van der Waals surface area contributed by atoms with Gasteiger partial charge in [0, 0.05) is 31.8 Å². The molecule has 2 nitrogen and oxygen atoms in total. The van der Waals surface area contributed by atoms with Crippen LogP contribution in [0.1, 0.15) is 18.4 Å². The fourth-order valence-corrected chi connectivity index (χ4v) is 2.30. The van der Waals surface area contributed by atoms with Crippen LogP contribution < -0.4 is 0 Å². The van der Waals surface area contributed by atoms with Gasteiger partial charge in [-0.1, -0.05) is 0 Å². The van der Waals surface area contributed by atoms with Crippen LogP contribution in [0.5, 0.6) is 0 Å². The van der Waals surface area contributed by atoms with Crippen molar-refractivity contribution in [2.24, 2.45) is 0 Å². The molecule has 0 N–H and O–H groups in total. The number of carbonyl (C=O) groups is 1. The van der Waals surface area contributed by atoms with Gasteiger partial charge < -0.3 is 4.90 Å². The van der Waals surface area contributed by atoms with E-state index in [1.807, 2.05) is 7.05 Å². The molecule has 1 aromatic rings. The van der Waals surface area contributed by atoms with Gasteiger partial charge in [0.1, 0.15) is 0 Å². The van der Waals surface area contributed by atoms with Crippen molar-refractivity contribution in [3.05, 3.63) is 34.2 Å². The number of allylic oxidation sites excluding steroid dienone is 2. The summed E-state index contributed by atoms with van der Waals surface area (Å²) in [6, 6.07) is 2.12. The Morgan fingerprint density at radius 3 is 2.93 bits per heavy atom. The maximum Gasteiger partial charge on any atom is 0.157 e. The molecule has 0 saturated carbocycles. The first kappa shape index (κ1) is 9.46.